The smallest absolute Gasteiger partial charge is 0.352 e. The molecule has 0 saturated carbocycles. The molecule has 0 bridgehead atoms. The predicted molar refractivity (Wildman–Crippen MR) is 160 cm³/mol. The molecular formula is C29H38BrN3O5S2Si. The van der Waals surface area contributed by atoms with Crippen LogP contribution in [0.5, 0.6) is 5.75 Å². The highest BCUT2D eigenvalue weighted by molar-refractivity contribution is 7.98. The third-order valence-electron chi connectivity index (χ3n) is 8.67. The van der Waals surface area contributed by atoms with E-state index in [1.807, 2.05) is 42.2 Å². The van der Waals surface area contributed by atoms with Crippen LogP contribution in [-0.2, 0) is 16.1 Å². The van der Waals surface area contributed by atoms with Crippen molar-refractivity contribution in [1.82, 2.24) is 9.47 Å². The van der Waals surface area contributed by atoms with E-state index in [0.29, 0.717) is 12.1 Å². The molecule has 2 N–H and O–H groups in total. The minimum Gasteiger partial charge on any atom is -1.00 e. The van der Waals surface area contributed by atoms with E-state index < -0.39 is 26.3 Å². The number of benzene rings is 1. The summed E-state index contributed by atoms with van der Waals surface area (Å²) in [5, 5.41) is 21.4. The minimum absolute atomic E-state index is 0. The van der Waals surface area contributed by atoms with Crippen LogP contribution in [0.4, 0.5) is 0 Å². The van der Waals surface area contributed by atoms with Gasteiger partial charge in [-0.25, -0.2) is 9.36 Å². The van der Waals surface area contributed by atoms with Gasteiger partial charge in [0, 0.05) is 11.5 Å². The predicted octanol–water partition coefficient (Wildman–Crippen LogP) is 2.10. The van der Waals surface area contributed by atoms with E-state index in [9.17, 15) is 19.8 Å². The number of aromatic nitrogens is 2. The molecular weight excluding hydrogens is 642 g/mol. The lowest BCUT2D eigenvalue weighted by Gasteiger charge is -2.46. The molecule has 0 unspecified atom stereocenters. The van der Waals surface area contributed by atoms with E-state index in [-0.39, 0.29) is 45.6 Å². The van der Waals surface area contributed by atoms with Gasteiger partial charge in [0.05, 0.1) is 22.9 Å². The maximum atomic E-state index is 12.8. The molecule has 8 nitrogen and oxygen atoms in total. The van der Waals surface area contributed by atoms with Crippen molar-refractivity contribution < 1.29 is 45.6 Å². The summed E-state index contributed by atoms with van der Waals surface area (Å²) in [7, 11) is -1.95. The van der Waals surface area contributed by atoms with Gasteiger partial charge >= 0.3 is 5.97 Å². The van der Waals surface area contributed by atoms with Crippen molar-refractivity contribution in [3.63, 3.8) is 0 Å². The number of nitrogens with zero attached hydrogens (tertiary/aromatic N) is 3. The standard InChI is InChI=1S/C29H37N3O5S2Si.BrH/c1-16-21(24(28(35)36)32-23(16)22(17(2)33)25(32)34)20-14-31-15-30(26(38-6)27(31)39-20)13-18-10-9-11-19(12-18)37-40(7,8)29(3,4)5;/h9-12,14-17,22-23,33H,13H2,1-8H3;1H/t16-,17+,22+,23+;/m0./s1. The molecule has 2 aromatic heterocycles. The topological polar surface area (TPSA) is 96.1 Å². The largest absolute Gasteiger partial charge is 1.00 e. The van der Waals surface area contributed by atoms with Crippen LogP contribution < -0.4 is 25.8 Å². The first-order chi connectivity index (χ1) is 18.7. The Morgan fingerprint density at radius 1 is 1.29 bits per heavy atom. The van der Waals surface area contributed by atoms with Gasteiger partial charge in [-0.05, 0) is 49.0 Å². The fraction of sp³-hybridized carbons (Fsp3) is 0.483. The average Bonchev–Trinajstić information content (AvgIpc) is 3.45. The van der Waals surface area contributed by atoms with Gasteiger partial charge in [-0.3, -0.25) is 4.79 Å². The number of aliphatic hydroxyl groups is 1. The van der Waals surface area contributed by atoms with Gasteiger partial charge < -0.3 is 36.5 Å². The van der Waals surface area contributed by atoms with Crippen molar-refractivity contribution in [2.75, 3.05) is 6.26 Å². The number of fused-ring (bicyclic) bond motifs is 2. The van der Waals surface area contributed by atoms with Crippen LogP contribution in [0.15, 0.2) is 47.5 Å². The van der Waals surface area contributed by atoms with Crippen molar-refractivity contribution in [3.8, 4) is 5.75 Å². The van der Waals surface area contributed by atoms with E-state index in [2.05, 4.69) is 50.6 Å². The van der Waals surface area contributed by atoms with Crippen molar-refractivity contribution in [1.29, 1.82) is 0 Å². The molecule has 2 aliphatic heterocycles. The summed E-state index contributed by atoms with van der Waals surface area (Å²) < 4.78 is 10.8. The van der Waals surface area contributed by atoms with Crippen LogP contribution in [0.2, 0.25) is 18.1 Å². The Bertz CT molecular complexity index is 1540. The SMILES string of the molecule is CSc1c2sc(C3=C(C(=O)O)N4C(=O)[C@H]([C@@H](C)O)[C@H]4[C@H]3C)c[n+]2cn1Cc1cccc(O[Si](C)(C)C(C)(C)C)c1.[Br-]. The molecule has 222 valence electrons. The van der Waals surface area contributed by atoms with Crippen LogP contribution in [0.1, 0.15) is 45.1 Å². The van der Waals surface area contributed by atoms with Crippen molar-refractivity contribution >= 4 is 53.7 Å². The molecule has 2 aliphatic rings. The number of hydrogen-bond donors (Lipinski definition) is 2. The average molecular weight is 681 g/mol. The molecule has 1 aromatic carbocycles. The van der Waals surface area contributed by atoms with Crippen molar-refractivity contribution in [3.05, 3.63) is 52.9 Å². The maximum absolute atomic E-state index is 12.8. The zero-order chi connectivity index (χ0) is 29.3. The van der Waals surface area contributed by atoms with Gasteiger partial charge in [-0.2, -0.15) is 4.40 Å². The maximum Gasteiger partial charge on any atom is 0.352 e. The fourth-order valence-electron chi connectivity index (χ4n) is 5.62. The summed E-state index contributed by atoms with van der Waals surface area (Å²) >= 11 is 3.19. The molecule has 1 amide bonds. The summed E-state index contributed by atoms with van der Waals surface area (Å²) in [6.07, 6.45) is 5.23. The highest BCUT2D eigenvalue weighted by atomic mass is 79.9. The molecule has 1 saturated heterocycles. The van der Waals surface area contributed by atoms with Gasteiger partial charge in [0.2, 0.25) is 24.1 Å². The molecule has 0 radical (unpaired) electrons. The Kier molecular flexibility index (Phi) is 8.67. The van der Waals surface area contributed by atoms with Crippen LogP contribution in [0, 0.1) is 11.8 Å². The Morgan fingerprint density at radius 3 is 2.56 bits per heavy atom. The zero-order valence-corrected chi connectivity index (χ0v) is 28.9. The van der Waals surface area contributed by atoms with Gasteiger partial charge in [-0.15, -0.1) is 0 Å². The second-order valence-corrected chi connectivity index (χ2v) is 18.9. The number of carboxylic acids is 1. The van der Waals surface area contributed by atoms with Crippen LogP contribution in [-0.4, -0.2) is 58.3 Å². The summed E-state index contributed by atoms with van der Waals surface area (Å²) in [5.41, 5.74) is 1.85. The number of carboxylic acid groups (broad SMARTS) is 1. The van der Waals surface area contributed by atoms with Crippen LogP contribution in [0.25, 0.3) is 10.4 Å². The molecule has 1 fully saturated rings. The fourth-order valence-corrected chi connectivity index (χ4v) is 8.82. The summed E-state index contributed by atoms with van der Waals surface area (Å²) in [4.78, 5) is 28.3. The van der Waals surface area contributed by atoms with Crippen LogP contribution in [0.3, 0.4) is 0 Å². The second-order valence-electron chi connectivity index (χ2n) is 12.4. The molecule has 3 aromatic rings. The number of halogens is 1. The molecule has 0 spiro atoms. The molecule has 12 heteroatoms. The van der Waals surface area contributed by atoms with Crippen molar-refractivity contribution in [2.45, 2.75) is 76.5 Å². The summed E-state index contributed by atoms with van der Waals surface area (Å²) in [5.74, 6) is -1.30. The second kappa shape index (κ2) is 11.2. The van der Waals surface area contributed by atoms with E-state index in [4.69, 9.17) is 4.43 Å². The monoisotopic (exact) mass is 679 g/mol. The molecule has 41 heavy (non-hydrogen) atoms. The van der Waals surface area contributed by atoms with E-state index >= 15 is 0 Å². The number of imidazole rings is 1. The van der Waals surface area contributed by atoms with Crippen LogP contribution >= 0.6 is 23.1 Å². The molecule has 5 rings (SSSR count). The first-order valence-corrected chi connectivity index (χ1v) is 18.5. The van der Waals surface area contributed by atoms with Gasteiger partial charge in [-0.1, -0.05) is 62.9 Å². The number of carbonyl (C=O) groups excluding carboxylic acids is 1. The minimum atomic E-state index is -1.95. The Balaban J connectivity index is 0.00000387. The van der Waals surface area contributed by atoms with E-state index in [1.54, 1.807) is 18.7 Å². The van der Waals surface area contributed by atoms with Gasteiger partial charge in [0.1, 0.15) is 24.2 Å². The normalized spacial score (nSPS) is 21.5. The molecule has 4 heterocycles. The Hall–Kier alpha value is -2.12. The number of rotatable bonds is 8. The quantitative estimate of drug-likeness (QED) is 0.164. The summed E-state index contributed by atoms with van der Waals surface area (Å²) in [6.45, 7) is 15.4. The number of β-lactam (4-membered cyclic amide) rings is 1. The number of thiazole rings is 1. The number of aliphatic carboxylic acids is 1. The van der Waals surface area contributed by atoms with E-state index in [1.165, 1.54) is 16.2 Å². The Labute approximate surface area is 260 Å². The summed E-state index contributed by atoms with van der Waals surface area (Å²) in [6, 6.07) is 7.97. The number of amides is 1. The molecule has 4 atom stereocenters. The number of hydrogen-bond acceptors (Lipinski definition) is 6. The lowest BCUT2D eigenvalue weighted by atomic mass is 9.77. The number of aliphatic hydroxyl groups excluding tert-OH is 1. The highest BCUT2D eigenvalue weighted by Crippen LogP contribution is 2.51. The highest BCUT2D eigenvalue weighted by Gasteiger charge is 2.60. The third kappa shape index (κ3) is 5.30. The van der Waals surface area contributed by atoms with Crippen molar-refractivity contribution in [2.24, 2.45) is 11.8 Å². The number of thioether (sulfide) groups is 1. The lowest BCUT2D eigenvalue weighted by Crippen LogP contribution is -3.00. The first kappa shape index (κ1) is 31.8. The third-order valence-corrected chi connectivity index (χ3v) is 15.1. The lowest BCUT2D eigenvalue weighted by molar-refractivity contribution is -0.508. The molecule has 0 aliphatic carbocycles. The Morgan fingerprint density at radius 2 is 1.98 bits per heavy atom. The van der Waals surface area contributed by atoms with E-state index in [0.717, 1.165) is 26.0 Å². The van der Waals surface area contributed by atoms with Gasteiger partial charge in [0.15, 0.2) is 0 Å². The number of carbonyl (C=O) groups is 2. The first-order valence-electron chi connectivity index (χ1n) is 13.5. The zero-order valence-electron chi connectivity index (χ0n) is 24.6. The van der Waals surface area contributed by atoms with Gasteiger partial charge in [0.25, 0.3) is 6.33 Å².